The Morgan fingerprint density at radius 3 is 2.14 bits per heavy atom. The summed E-state index contributed by atoms with van der Waals surface area (Å²) in [6.07, 6.45) is 0. The number of rotatable bonds is 1. The van der Waals surface area contributed by atoms with Crippen LogP contribution in [0.5, 0.6) is 0 Å². The summed E-state index contributed by atoms with van der Waals surface area (Å²) in [5.74, 6) is 0.209. The molecule has 2 aromatic carbocycles. The van der Waals surface area contributed by atoms with Crippen molar-refractivity contribution in [3.05, 3.63) is 46.5 Å². The molecule has 0 spiro atoms. The molecule has 0 atom stereocenters. The molecule has 0 bridgehead atoms. The van der Waals surface area contributed by atoms with Gasteiger partial charge >= 0.3 is 0 Å². The minimum Gasteiger partial charge on any atom is -0.366 e. The average molecular weight is 278 g/mol. The van der Waals surface area contributed by atoms with Crippen molar-refractivity contribution in [3.63, 3.8) is 0 Å². The summed E-state index contributed by atoms with van der Waals surface area (Å²) in [5.41, 5.74) is 14.5. The van der Waals surface area contributed by atoms with Crippen LogP contribution in [0.15, 0.2) is 24.3 Å². The second kappa shape index (κ2) is 4.81. The monoisotopic (exact) mass is 278 g/mol. The maximum atomic E-state index is 5.62. The van der Waals surface area contributed by atoms with Crippen LogP contribution in [0.3, 0.4) is 0 Å². The van der Waals surface area contributed by atoms with Gasteiger partial charge in [-0.1, -0.05) is 17.7 Å². The minimum absolute atomic E-state index is 0.209. The van der Waals surface area contributed by atoms with Crippen LogP contribution in [-0.4, -0.2) is 15.2 Å². The Morgan fingerprint density at radius 2 is 1.48 bits per heavy atom. The molecule has 3 aromatic rings. The third kappa shape index (κ3) is 2.33. The van der Waals surface area contributed by atoms with Crippen molar-refractivity contribution in [3.8, 4) is 11.1 Å². The van der Waals surface area contributed by atoms with Gasteiger partial charge in [-0.05, 0) is 67.6 Å². The van der Waals surface area contributed by atoms with Crippen LogP contribution in [0.25, 0.3) is 22.2 Å². The van der Waals surface area contributed by atoms with Gasteiger partial charge in [-0.15, -0.1) is 10.2 Å². The predicted molar refractivity (Wildman–Crippen MR) is 86.1 cm³/mol. The highest BCUT2D eigenvalue weighted by Crippen LogP contribution is 2.31. The molecule has 4 heteroatoms. The van der Waals surface area contributed by atoms with Gasteiger partial charge in [0.1, 0.15) is 5.52 Å². The van der Waals surface area contributed by atoms with Crippen LogP contribution in [0, 0.1) is 27.7 Å². The highest BCUT2D eigenvalue weighted by Gasteiger charge is 2.11. The number of hydrogen-bond donors (Lipinski definition) is 1. The third-order valence-electron chi connectivity index (χ3n) is 3.73. The molecule has 1 heterocycles. The lowest BCUT2D eigenvalue weighted by Gasteiger charge is -2.13. The van der Waals surface area contributed by atoms with Crippen molar-refractivity contribution >= 4 is 17.0 Å². The van der Waals surface area contributed by atoms with E-state index in [4.69, 9.17) is 5.73 Å². The van der Waals surface area contributed by atoms with E-state index in [9.17, 15) is 0 Å². The van der Waals surface area contributed by atoms with Gasteiger partial charge in [-0.3, -0.25) is 0 Å². The summed E-state index contributed by atoms with van der Waals surface area (Å²) in [5, 5.41) is 8.03. The maximum Gasteiger partial charge on any atom is 0.240 e. The Balaban J connectivity index is 2.29. The van der Waals surface area contributed by atoms with Crippen molar-refractivity contribution in [2.24, 2.45) is 0 Å². The van der Waals surface area contributed by atoms with E-state index in [1.165, 1.54) is 22.3 Å². The molecule has 1 aromatic heterocycles. The van der Waals surface area contributed by atoms with Gasteiger partial charge in [0.15, 0.2) is 0 Å². The smallest absolute Gasteiger partial charge is 0.240 e. The molecule has 106 valence electrons. The fourth-order valence-electron chi connectivity index (χ4n) is 3.00. The summed E-state index contributed by atoms with van der Waals surface area (Å²) in [6.45, 7) is 8.43. The Bertz CT molecular complexity index is 830. The van der Waals surface area contributed by atoms with Crippen molar-refractivity contribution in [1.82, 2.24) is 15.2 Å². The molecule has 0 radical (unpaired) electrons. The Hall–Kier alpha value is -2.49. The van der Waals surface area contributed by atoms with E-state index >= 15 is 0 Å². The molecule has 21 heavy (non-hydrogen) atoms. The van der Waals surface area contributed by atoms with Crippen LogP contribution in [-0.2, 0) is 0 Å². The van der Waals surface area contributed by atoms with Crippen LogP contribution in [0.2, 0.25) is 0 Å². The zero-order valence-corrected chi connectivity index (χ0v) is 12.7. The number of aryl methyl sites for hydroxylation is 4. The fourth-order valence-corrected chi connectivity index (χ4v) is 3.00. The first kappa shape index (κ1) is 13.5. The largest absolute Gasteiger partial charge is 0.366 e. The number of nitrogens with zero attached hydrogens (tertiary/aromatic N) is 3. The Kier molecular flexibility index (Phi) is 3.09. The van der Waals surface area contributed by atoms with E-state index in [2.05, 4.69) is 54.2 Å². The van der Waals surface area contributed by atoms with Crippen LogP contribution in [0.1, 0.15) is 22.3 Å². The number of benzene rings is 2. The van der Waals surface area contributed by atoms with E-state index in [1.807, 2.05) is 13.0 Å². The molecule has 0 saturated carbocycles. The van der Waals surface area contributed by atoms with Crippen LogP contribution < -0.4 is 5.73 Å². The summed E-state index contributed by atoms with van der Waals surface area (Å²) in [4.78, 5) is 4.27. The number of hydrogen-bond acceptors (Lipinski definition) is 4. The number of anilines is 1. The van der Waals surface area contributed by atoms with Gasteiger partial charge < -0.3 is 5.73 Å². The topological polar surface area (TPSA) is 64.7 Å². The quantitative estimate of drug-likeness (QED) is 0.739. The average Bonchev–Trinajstić information content (AvgIpc) is 2.38. The molecule has 0 aliphatic heterocycles. The predicted octanol–water partition coefficient (Wildman–Crippen LogP) is 3.51. The minimum atomic E-state index is 0.209. The van der Waals surface area contributed by atoms with E-state index in [1.54, 1.807) is 0 Å². The lowest BCUT2D eigenvalue weighted by Crippen LogP contribution is -1.99. The second-order valence-electron chi connectivity index (χ2n) is 5.60. The summed E-state index contributed by atoms with van der Waals surface area (Å²) in [7, 11) is 0. The number of fused-ring (bicyclic) bond motifs is 1. The van der Waals surface area contributed by atoms with Crippen LogP contribution >= 0.6 is 0 Å². The van der Waals surface area contributed by atoms with E-state index in [0.717, 1.165) is 22.2 Å². The first-order valence-electron chi connectivity index (χ1n) is 6.94. The van der Waals surface area contributed by atoms with Gasteiger partial charge in [-0.25, -0.2) is 4.98 Å². The summed E-state index contributed by atoms with van der Waals surface area (Å²) in [6, 6.07) is 8.58. The number of nitrogens with two attached hydrogens (primary N) is 1. The Morgan fingerprint density at radius 1 is 0.810 bits per heavy atom. The molecular weight excluding hydrogens is 260 g/mol. The molecule has 0 saturated heterocycles. The van der Waals surface area contributed by atoms with Gasteiger partial charge in [0.05, 0.1) is 5.52 Å². The first-order valence-corrected chi connectivity index (χ1v) is 6.94. The van der Waals surface area contributed by atoms with Gasteiger partial charge in [0.25, 0.3) is 0 Å². The molecule has 0 aliphatic rings. The first-order chi connectivity index (χ1) is 9.95. The van der Waals surface area contributed by atoms with Crippen LogP contribution in [0.4, 0.5) is 5.95 Å². The van der Waals surface area contributed by atoms with Gasteiger partial charge in [0, 0.05) is 0 Å². The maximum absolute atomic E-state index is 5.62. The normalized spacial score (nSPS) is 11.0. The molecule has 4 nitrogen and oxygen atoms in total. The highest BCUT2D eigenvalue weighted by atomic mass is 15.2. The molecule has 0 unspecified atom stereocenters. The standard InChI is InChI=1S/C17H18N4/c1-9-5-10(2)15(11(3)6-9)13-7-12(4)16-14(8-13)20-21-17(18)19-16/h5-8H,1-4H3,(H2,18,19,21). The SMILES string of the molecule is Cc1cc(C)c(-c2cc(C)c3nc(N)nnc3c2)c(C)c1. The Labute approximate surface area is 124 Å². The molecule has 0 aliphatic carbocycles. The van der Waals surface area contributed by atoms with Gasteiger partial charge in [0.2, 0.25) is 5.95 Å². The van der Waals surface area contributed by atoms with E-state index in [-0.39, 0.29) is 5.95 Å². The van der Waals surface area contributed by atoms with Crippen molar-refractivity contribution in [2.75, 3.05) is 5.73 Å². The summed E-state index contributed by atoms with van der Waals surface area (Å²) < 4.78 is 0. The summed E-state index contributed by atoms with van der Waals surface area (Å²) >= 11 is 0. The van der Waals surface area contributed by atoms with Crippen molar-refractivity contribution in [1.29, 1.82) is 0 Å². The molecular formula is C17H18N4. The fraction of sp³-hybridized carbons (Fsp3) is 0.235. The van der Waals surface area contributed by atoms with Gasteiger partial charge in [-0.2, -0.15) is 0 Å². The number of nitrogen functional groups attached to an aromatic ring is 1. The molecule has 0 fully saturated rings. The third-order valence-corrected chi connectivity index (χ3v) is 3.73. The molecule has 3 rings (SSSR count). The number of aromatic nitrogens is 3. The molecule has 0 amide bonds. The van der Waals surface area contributed by atoms with E-state index < -0.39 is 0 Å². The highest BCUT2D eigenvalue weighted by molar-refractivity contribution is 5.86. The lowest BCUT2D eigenvalue weighted by molar-refractivity contribution is 1.04. The lowest BCUT2D eigenvalue weighted by atomic mass is 9.92. The zero-order chi connectivity index (χ0) is 15.1. The van der Waals surface area contributed by atoms with Crippen molar-refractivity contribution in [2.45, 2.75) is 27.7 Å². The zero-order valence-electron chi connectivity index (χ0n) is 12.7. The van der Waals surface area contributed by atoms with Crippen molar-refractivity contribution < 1.29 is 0 Å². The van der Waals surface area contributed by atoms with E-state index in [0.29, 0.717) is 0 Å². The molecule has 2 N–H and O–H groups in total. The second-order valence-corrected chi connectivity index (χ2v) is 5.60.